The molecular weight excluding hydrogens is 186 g/mol. The molecule has 2 fully saturated rings. The van der Waals surface area contributed by atoms with Gasteiger partial charge in [0.15, 0.2) is 0 Å². The molecule has 2 heteroatoms. The average molecular weight is 211 g/mol. The first-order valence-electron chi connectivity index (χ1n) is 6.64. The second kappa shape index (κ2) is 4.84. The molecule has 0 heterocycles. The standard InChI is InChI=1S/C13H25NO/c1-2-12(11-5-6-11)14-9-13(10-15)7-3-4-8-13/h11-12,14-15H,2-10H2,1H3. The summed E-state index contributed by atoms with van der Waals surface area (Å²) >= 11 is 0. The van der Waals surface area contributed by atoms with Crippen LogP contribution in [0.4, 0.5) is 0 Å². The second-order valence-corrected chi connectivity index (χ2v) is 5.60. The summed E-state index contributed by atoms with van der Waals surface area (Å²) in [5.41, 5.74) is 0.225. The molecule has 0 radical (unpaired) electrons. The van der Waals surface area contributed by atoms with E-state index in [-0.39, 0.29) is 5.41 Å². The summed E-state index contributed by atoms with van der Waals surface area (Å²) in [5, 5.41) is 13.2. The molecule has 0 saturated heterocycles. The van der Waals surface area contributed by atoms with E-state index in [0.717, 1.165) is 12.5 Å². The SMILES string of the molecule is CCC(NCC1(CO)CCCC1)C1CC1. The largest absolute Gasteiger partial charge is 0.396 e. The molecule has 0 aromatic heterocycles. The van der Waals surface area contributed by atoms with Crippen molar-refractivity contribution in [2.24, 2.45) is 11.3 Å². The Balaban J connectivity index is 1.79. The van der Waals surface area contributed by atoms with Gasteiger partial charge >= 0.3 is 0 Å². The first-order valence-corrected chi connectivity index (χ1v) is 6.64. The Morgan fingerprint density at radius 1 is 1.33 bits per heavy atom. The van der Waals surface area contributed by atoms with Crippen LogP contribution in [-0.2, 0) is 0 Å². The molecule has 2 aliphatic rings. The van der Waals surface area contributed by atoms with Crippen molar-refractivity contribution < 1.29 is 5.11 Å². The van der Waals surface area contributed by atoms with E-state index in [1.54, 1.807) is 0 Å². The zero-order valence-electron chi connectivity index (χ0n) is 9.97. The van der Waals surface area contributed by atoms with Gasteiger partial charge in [-0.1, -0.05) is 19.8 Å². The maximum atomic E-state index is 9.52. The zero-order valence-corrected chi connectivity index (χ0v) is 9.97. The molecule has 15 heavy (non-hydrogen) atoms. The van der Waals surface area contributed by atoms with E-state index in [1.165, 1.54) is 44.9 Å². The normalized spacial score (nSPS) is 26.8. The highest BCUT2D eigenvalue weighted by Crippen LogP contribution is 2.38. The first-order chi connectivity index (χ1) is 7.29. The number of aliphatic hydroxyl groups is 1. The maximum absolute atomic E-state index is 9.52. The lowest BCUT2D eigenvalue weighted by Crippen LogP contribution is -2.41. The Kier molecular flexibility index (Phi) is 3.68. The van der Waals surface area contributed by atoms with Crippen LogP contribution >= 0.6 is 0 Å². The van der Waals surface area contributed by atoms with Crippen LogP contribution in [-0.4, -0.2) is 24.3 Å². The summed E-state index contributed by atoms with van der Waals surface area (Å²) in [4.78, 5) is 0. The number of hydrogen-bond acceptors (Lipinski definition) is 2. The van der Waals surface area contributed by atoms with Crippen LogP contribution in [0.2, 0.25) is 0 Å². The fraction of sp³-hybridized carbons (Fsp3) is 1.00. The van der Waals surface area contributed by atoms with Crippen LogP contribution in [0, 0.1) is 11.3 Å². The van der Waals surface area contributed by atoms with E-state index in [2.05, 4.69) is 12.2 Å². The maximum Gasteiger partial charge on any atom is 0.0499 e. The number of aliphatic hydroxyl groups excluding tert-OH is 1. The molecule has 0 aromatic rings. The van der Waals surface area contributed by atoms with Crippen LogP contribution in [0.5, 0.6) is 0 Å². The third-order valence-corrected chi connectivity index (χ3v) is 4.37. The Labute approximate surface area is 93.5 Å². The van der Waals surface area contributed by atoms with Gasteiger partial charge in [0.25, 0.3) is 0 Å². The molecule has 2 N–H and O–H groups in total. The molecule has 0 spiro atoms. The molecule has 0 bridgehead atoms. The minimum absolute atomic E-state index is 0.225. The Morgan fingerprint density at radius 2 is 2.00 bits per heavy atom. The van der Waals surface area contributed by atoms with E-state index in [0.29, 0.717) is 12.6 Å². The molecule has 0 amide bonds. The minimum Gasteiger partial charge on any atom is -0.396 e. The summed E-state index contributed by atoms with van der Waals surface area (Å²) in [6.07, 6.45) is 9.13. The van der Waals surface area contributed by atoms with Crippen LogP contribution in [0.3, 0.4) is 0 Å². The fourth-order valence-corrected chi connectivity index (χ4v) is 3.01. The summed E-state index contributed by atoms with van der Waals surface area (Å²) in [6, 6.07) is 0.717. The quantitative estimate of drug-likeness (QED) is 0.706. The lowest BCUT2D eigenvalue weighted by atomic mass is 9.86. The molecule has 0 aromatic carbocycles. The van der Waals surface area contributed by atoms with Gasteiger partial charge in [-0.2, -0.15) is 0 Å². The lowest BCUT2D eigenvalue weighted by molar-refractivity contribution is 0.123. The molecule has 2 saturated carbocycles. The predicted octanol–water partition coefficient (Wildman–Crippen LogP) is 2.32. The number of nitrogens with one attached hydrogen (secondary N) is 1. The topological polar surface area (TPSA) is 32.3 Å². The van der Waals surface area contributed by atoms with E-state index in [9.17, 15) is 5.11 Å². The van der Waals surface area contributed by atoms with Gasteiger partial charge in [0.05, 0.1) is 0 Å². The summed E-state index contributed by atoms with van der Waals surface area (Å²) in [6.45, 7) is 3.69. The highest BCUT2D eigenvalue weighted by Gasteiger charge is 2.35. The van der Waals surface area contributed by atoms with Crippen LogP contribution in [0.15, 0.2) is 0 Å². The second-order valence-electron chi connectivity index (χ2n) is 5.60. The highest BCUT2D eigenvalue weighted by molar-refractivity contribution is 4.91. The van der Waals surface area contributed by atoms with Crippen LogP contribution in [0.25, 0.3) is 0 Å². The molecule has 2 nitrogen and oxygen atoms in total. The first kappa shape index (κ1) is 11.4. The third-order valence-electron chi connectivity index (χ3n) is 4.37. The van der Waals surface area contributed by atoms with Crippen molar-refractivity contribution in [2.75, 3.05) is 13.2 Å². The Morgan fingerprint density at radius 3 is 2.47 bits per heavy atom. The molecule has 2 rings (SSSR count). The van der Waals surface area contributed by atoms with E-state index < -0.39 is 0 Å². The molecular formula is C13H25NO. The average Bonchev–Trinajstić information content (AvgIpc) is 2.99. The van der Waals surface area contributed by atoms with Gasteiger partial charge in [-0.05, 0) is 38.0 Å². The van der Waals surface area contributed by atoms with E-state index >= 15 is 0 Å². The van der Waals surface area contributed by atoms with Gasteiger partial charge < -0.3 is 10.4 Å². The molecule has 1 unspecified atom stereocenters. The summed E-state index contributed by atoms with van der Waals surface area (Å²) in [5.74, 6) is 0.937. The third kappa shape index (κ3) is 2.73. The van der Waals surface area contributed by atoms with Gasteiger partial charge in [-0.3, -0.25) is 0 Å². The lowest BCUT2D eigenvalue weighted by Gasteiger charge is -2.29. The van der Waals surface area contributed by atoms with Crippen molar-refractivity contribution in [1.29, 1.82) is 0 Å². The van der Waals surface area contributed by atoms with Crippen molar-refractivity contribution in [2.45, 2.75) is 57.9 Å². The molecule has 0 aliphatic heterocycles. The van der Waals surface area contributed by atoms with E-state index in [4.69, 9.17) is 0 Å². The minimum atomic E-state index is 0.225. The zero-order chi connectivity index (χ0) is 10.7. The Bertz CT molecular complexity index is 195. The van der Waals surface area contributed by atoms with Crippen molar-refractivity contribution >= 4 is 0 Å². The monoisotopic (exact) mass is 211 g/mol. The van der Waals surface area contributed by atoms with Gasteiger partial charge in [0, 0.05) is 24.6 Å². The van der Waals surface area contributed by atoms with Gasteiger partial charge in [0.1, 0.15) is 0 Å². The highest BCUT2D eigenvalue weighted by atomic mass is 16.3. The summed E-state index contributed by atoms with van der Waals surface area (Å²) in [7, 11) is 0. The van der Waals surface area contributed by atoms with Crippen LogP contribution < -0.4 is 5.32 Å². The van der Waals surface area contributed by atoms with Crippen LogP contribution in [0.1, 0.15) is 51.9 Å². The van der Waals surface area contributed by atoms with E-state index in [1.807, 2.05) is 0 Å². The predicted molar refractivity (Wildman–Crippen MR) is 62.8 cm³/mol. The fourth-order valence-electron chi connectivity index (χ4n) is 3.01. The Hall–Kier alpha value is -0.0800. The van der Waals surface area contributed by atoms with Crippen molar-refractivity contribution in [3.05, 3.63) is 0 Å². The van der Waals surface area contributed by atoms with Crippen molar-refractivity contribution in [3.63, 3.8) is 0 Å². The number of rotatable bonds is 6. The van der Waals surface area contributed by atoms with Gasteiger partial charge in [-0.15, -0.1) is 0 Å². The van der Waals surface area contributed by atoms with Gasteiger partial charge in [-0.25, -0.2) is 0 Å². The molecule has 88 valence electrons. The molecule has 1 atom stereocenters. The molecule has 2 aliphatic carbocycles. The van der Waals surface area contributed by atoms with Crippen molar-refractivity contribution in [3.8, 4) is 0 Å². The smallest absolute Gasteiger partial charge is 0.0499 e. The van der Waals surface area contributed by atoms with Crippen molar-refractivity contribution in [1.82, 2.24) is 5.32 Å². The summed E-state index contributed by atoms with van der Waals surface area (Å²) < 4.78 is 0. The van der Waals surface area contributed by atoms with Gasteiger partial charge in [0.2, 0.25) is 0 Å². The number of hydrogen-bond donors (Lipinski definition) is 2.